The molecule has 0 aliphatic heterocycles. The average molecular weight is 561 g/mol. The van der Waals surface area contributed by atoms with E-state index in [9.17, 15) is 9.90 Å². The van der Waals surface area contributed by atoms with Crippen LogP contribution in [0, 0.1) is 46.3 Å². The summed E-state index contributed by atoms with van der Waals surface area (Å²) in [4.78, 5) is 12.3. The Hall–Kier alpha value is -0.690. The molecule has 6 nitrogen and oxygen atoms in total. The molecule has 0 spiro atoms. The molecule has 40 heavy (non-hydrogen) atoms. The predicted octanol–water partition coefficient (Wildman–Crippen LogP) is 5.23. The molecule has 0 aromatic carbocycles. The third kappa shape index (κ3) is 7.09. The first-order valence-corrected chi connectivity index (χ1v) is 17.2. The molecule has 6 heteroatoms. The molecule has 0 saturated heterocycles. The van der Waals surface area contributed by atoms with Crippen molar-refractivity contribution in [3.05, 3.63) is 0 Å². The van der Waals surface area contributed by atoms with Crippen LogP contribution in [0.4, 0.5) is 0 Å². The molecule has 4 unspecified atom stereocenters. The standard InChI is InChI=1S/C34H64N4O2/c1-23(2)38-31(40)12-9-24(3)27-10-11-28-32-29(14-16-34(27,28)5)33(4)15-13-26(21-25(33)22-30(32)39)37-20-7-6-18-36-19-8-17-35/h23-30,32,36-37,39H,6-22,35H2,1-5H3,(H,38,40)/t24-,25?,26+,27-,28?,29?,30-,32?,33+,34-/m1/s1. The Labute approximate surface area is 246 Å². The van der Waals surface area contributed by atoms with Crippen LogP contribution in [0.1, 0.15) is 118 Å². The third-order valence-electron chi connectivity index (χ3n) is 12.5. The van der Waals surface area contributed by atoms with Crippen molar-refractivity contribution in [3.8, 4) is 0 Å². The van der Waals surface area contributed by atoms with Crippen molar-refractivity contribution in [2.75, 3.05) is 26.2 Å². The Balaban J connectivity index is 1.30. The highest BCUT2D eigenvalue weighted by atomic mass is 16.3. The molecule has 4 rings (SSSR count). The number of rotatable bonds is 14. The second-order valence-corrected chi connectivity index (χ2v) is 15.3. The number of nitrogens with one attached hydrogen (secondary N) is 3. The van der Waals surface area contributed by atoms with E-state index in [1.807, 2.05) is 13.8 Å². The van der Waals surface area contributed by atoms with Crippen molar-refractivity contribution in [1.82, 2.24) is 16.0 Å². The number of unbranched alkanes of at least 4 members (excludes halogenated alkanes) is 1. The van der Waals surface area contributed by atoms with E-state index in [0.29, 0.717) is 58.8 Å². The number of carbonyl (C=O) groups is 1. The first-order valence-electron chi connectivity index (χ1n) is 17.2. The van der Waals surface area contributed by atoms with Gasteiger partial charge in [-0.05, 0) is 163 Å². The van der Waals surface area contributed by atoms with Gasteiger partial charge in [-0.1, -0.05) is 20.8 Å². The Morgan fingerprint density at radius 2 is 1.62 bits per heavy atom. The number of hydrogen-bond donors (Lipinski definition) is 5. The van der Waals surface area contributed by atoms with Crippen LogP contribution in [0.15, 0.2) is 0 Å². The number of nitrogens with two attached hydrogens (primary N) is 1. The first kappa shape index (κ1) is 32.2. The zero-order valence-electron chi connectivity index (χ0n) is 26.6. The van der Waals surface area contributed by atoms with E-state index in [1.54, 1.807) is 0 Å². The zero-order valence-corrected chi connectivity index (χ0v) is 26.6. The lowest BCUT2D eigenvalue weighted by atomic mass is 9.43. The lowest BCUT2D eigenvalue weighted by Gasteiger charge is -2.62. The lowest BCUT2D eigenvalue weighted by Crippen LogP contribution is -2.59. The number of fused-ring (bicyclic) bond motifs is 5. The molecular formula is C34H64N4O2. The van der Waals surface area contributed by atoms with Crippen LogP contribution in [0.3, 0.4) is 0 Å². The molecule has 0 heterocycles. The molecule has 0 aromatic rings. The van der Waals surface area contributed by atoms with E-state index in [-0.39, 0.29) is 18.1 Å². The number of aliphatic hydroxyl groups is 1. The summed E-state index contributed by atoms with van der Waals surface area (Å²) < 4.78 is 0. The molecule has 6 N–H and O–H groups in total. The maximum atomic E-state index is 12.3. The highest BCUT2D eigenvalue weighted by Gasteiger charge is 2.62. The molecule has 4 aliphatic rings. The van der Waals surface area contributed by atoms with Gasteiger partial charge in [-0.3, -0.25) is 4.79 Å². The smallest absolute Gasteiger partial charge is 0.220 e. The van der Waals surface area contributed by atoms with E-state index >= 15 is 0 Å². The molecular weight excluding hydrogens is 496 g/mol. The zero-order chi connectivity index (χ0) is 28.9. The van der Waals surface area contributed by atoms with Crippen molar-refractivity contribution < 1.29 is 9.90 Å². The van der Waals surface area contributed by atoms with Crippen molar-refractivity contribution >= 4 is 5.91 Å². The summed E-state index contributed by atoms with van der Waals surface area (Å²) >= 11 is 0. The van der Waals surface area contributed by atoms with Gasteiger partial charge in [0.15, 0.2) is 0 Å². The van der Waals surface area contributed by atoms with Gasteiger partial charge in [-0.2, -0.15) is 0 Å². The lowest BCUT2D eigenvalue weighted by molar-refractivity contribution is -0.167. The number of aliphatic hydroxyl groups excluding tert-OH is 1. The van der Waals surface area contributed by atoms with Crippen LogP contribution in [-0.4, -0.2) is 55.4 Å². The Morgan fingerprint density at radius 3 is 2.38 bits per heavy atom. The van der Waals surface area contributed by atoms with Crippen molar-refractivity contribution in [3.63, 3.8) is 0 Å². The van der Waals surface area contributed by atoms with Crippen molar-refractivity contribution in [1.29, 1.82) is 0 Å². The predicted molar refractivity (Wildman–Crippen MR) is 166 cm³/mol. The normalized spacial score (nSPS) is 39.9. The molecule has 232 valence electrons. The maximum absolute atomic E-state index is 12.3. The summed E-state index contributed by atoms with van der Waals surface area (Å²) in [6.07, 6.45) is 15.0. The minimum Gasteiger partial charge on any atom is -0.393 e. The highest BCUT2D eigenvalue weighted by molar-refractivity contribution is 5.76. The molecule has 10 atom stereocenters. The summed E-state index contributed by atoms with van der Waals surface area (Å²) in [6.45, 7) is 15.7. The van der Waals surface area contributed by atoms with Crippen molar-refractivity contribution in [2.24, 2.45) is 52.1 Å². The minimum absolute atomic E-state index is 0.142. The number of carbonyl (C=O) groups excluding carboxylic acids is 1. The first-order chi connectivity index (χ1) is 19.1. The SMILES string of the molecule is CC(C)NC(=O)CC[C@@H](C)[C@H]1CCC2C3C(CC[C@@]21C)[C@@]1(C)CC[C@H](NCCCCNCCCN)CC1C[C@H]3O. The molecule has 0 bridgehead atoms. The topological polar surface area (TPSA) is 99.4 Å². The van der Waals surface area contributed by atoms with Gasteiger partial charge in [0.2, 0.25) is 5.91 Å². The Bertz CT molecular complexity index is 807. The Kier molecular flexibility index (Phi) is 11.4. The number of amides is 1. The van der Waals surface area contributed by atoms with Gasteiger partial charge < -0.3 is 26.8 Å². The third-order valence-corrected chi connectivity index (χ3v) is 12.5. The van der Waals surface area contributed by atoms with Gasteiger partial charge in [-0.25, -0.2) is 0 Å². The summed E-state index contributed by atoms with van der Waals surface area (Å²) in [5.41, 5.74) is 6.27. The molecule has 0 aromatic heterocycles. The molecule has 4 fully saturated rings. The minimum atomic E-state index is -0.142. The monoisotopic (exact) mass is 561 g/mol. The van der Waals surface area contributed by atoms with Crippen LogP contribution < -0.4 is 21.7 Å². The van der Waals surface area contributed by atoms with Crippen LogP contribution in [0.2, 0.25) is 0 Å². The summed E-state index contributed by atoms with van der Waals surface area (Å²) in [7, 11) is 0. The average Bonchev–Trinajstić information content (AvgIpc) is 3.26. The largest absolute Gasteiger partial charge is 0.393 e. The van der Waals surface area contributed by atoms with Gasteiger partial charge in [-0.15, -0.1) is 0 Å². The second kappa shape index (κ2) is 14.2. The summed E-state index contributed by atoms with van der Waals surface area (Å²) in [5, 5.41) is 22.2. The van der Waals surface area contributed by atoms with E-state index in [1.165, 1.54) is 57.8 Å². The van der Waals surface area contributed by atoms with Crippen LogP contribution in [0.25, 0.3) is 0 Å². The van der Waals surface area contributed by atoms with Crippen LogP contribution in [-0.2, 0) is 4.79 Å². The molecule has 4 aliphatic carbocycles. The van der Waals surface area contributed by atoms with E-state index in [2.05, 4.69) is 36.7 Å². The summed E-state index contributed by atoms with van der Waals surface area (Å²) in [6, 6.07) is 0.833. The fourth-order valence-corrected chi connectivity index (χ4v) is 10.4. The second-order valence-electron chi connectivity index (χ2n) is 15.3. The van der Waals surface area contributed by atoms with Gasteiger partial charge in [0.05, 0.1) is 6.10 Å². The quantitative estimate of drug-likeness (QED) is 0.187. The van der Waals surface area contributed by atoms with E-state index in [4.69, 9.17) is 5.73 Å². The summed E-state index contributed by atoms with van der Waals surface area (Å²) in [5.74, 6) is 3.88. The van der Waals surface area contributed by atoms with Crippen LogP contribution in [0.5, 0.6) is 0 Å². The van der Waals surface area contributed by atoms with Crippen LogP contribution >= 0.6 is 0 Å². The molecule has 0 radical (unpaired) electrons. The fraction of sp³-hybridized carbons (Fsp3) is 0.971. The van der Waals surface area contributed by atoms with Gasteiger partial charge in [0.1, 0.15) is 0 Å². The van der Waals surface area contributed by atoms with E-state index in [0.717, 1.165) is 45.4 Å². The van der Waals surface area contributed by atoms with Gasteiger partial charge >= 0.3 is 0 Å². The van der Waals surface area contributed by atoms with Crippen molar-refractivity contribution in [2.45, 2.75) is 136 Å². The van der Waals surface area contributed by atoms with Gasteiger partial charge in [0.25, 0.3) is 0 Å². The Morgan fingerprint density at radius 1 is 0.925 bits per heavy atom. The maximum Gasteiger partial charge on any atom is 0.220 e. The number of hydrogen-bond acceptors (Lipinski definition) is 5. The van der Waals surface area contributed by atoms with Gasteiger partial charge in [0, 0.05) is 18.5 Å². The molecule has 4 saturated carbocycles. The fourth-order valence-electron chi connectivity index (χ4n) is 10.4. The highest BCUT2D eigenvalue weighted by Crippen LogP contribution is 2.68. The van der Waals surface area contributed by atoms with E-state index < -0.39 is 0 Å². The molecule has 1 amide bonds.